The first-order valence-electron chi connectivity index (χ1n) is 25.3. The molecule has 14 rings (SSSR count). The van der Waals surface area contributed by atoms with Crippen LogP contribution in [-0.2, 0) is 44.7 Å². The van der Waals surface area contributed by atoms with Gasteiger partial charge in [-0.25, -0.2) is 19.6 Å². The Balaban J connectivity index is 0.838. The molecule has 6 aromatic rings. The molecule has 6 aliphatic carbocycles. The van der Waals surface area contributed by atoms with Crippen LogP contribution in [0.25, 0.3) is 44.3 Å². The van der Waals surface area contributed by atoms with Crippen molar-refractivity contribution >= 4 is 46.1 Å². The number of H-pyrrole nitrogens is 2. The van der Waals surface area contributed by atoms with E-state index in [-0.39, 0.29) is 46.6 Å². The van der Waals surface area contributed by atoms with Crippen LogP contribution in [0.15, 0.2) is 72.8 Å². The molecule has 4 fully saturated rings. The minimum atomic E-state index is -0.691. The molecular weight excluding hydrogens is 881 g/mol. The number of aromatic nitrogens is 4. The molecule has 14 nitrogen and oxygen atoms in total. The number of alkyl carbamates (subject to hydrolysis) is 2. The zero-order chi connectivity index (χ0) is 48.6. The Bertz CT molecular complexity index is 2850. The van der Waals surface area contributed by atoms with E-state index < -0.39 is 24.3 Å². The monoisotopic (exact) mass is 944 g/mol. The van der Waals surface area contributed by atoms with Crippen LogP contribution in [0.3, 0.4) is 0 Å². The molecule has 4 heterocycles. The fourth-order valence-corrected chi connectivity index (χ4v) is 11.7. The third-order valence-electron chi connectivity index (χ3n) is 16.3. The van der Waals surface area contributed by atoms with Gasteiger partial charge in [-0.3, -0.25) is 9.59 Å². The van der Waals surface area contributed by atoms with Gasteiger partial charge in [0.25, 0.3) is 0 Å². The molecule has 2 spiro atoms. The normalized spacial score (nSPS) is 20.6. The molecule has 4 N–H and O–H groups in total. The third-order valence-corrected chi connectivity index (χ3v) is 16.3. The van der Waals surface area contributed by atoms with Gasteiger partial charge in [0.05, 0.1) is 48.4 Å². The van der Waals surface area contributed by atoms with Crippen molar-refractivity contribution < 1.29 is 28.7 Å². The summed E-state index contributed by atoms with van der Waals surface area (Å²) in [5, 5.41) is 5.58. The topological polar surface area (TPSA) is 175 Å². The second-order valence-corrected chi connectivity index (χ2v) is 21.8. The highest BCUT2D eigenvalue weighted by Gasteiger charge is 2.56. The lowest BCUT2D eigenvalue weighted by atomic mass is 9.87. The summed E-state index contributed by atoms with van der Waals surface area (Å²) >= 11 is 0. The first-order valence-corrected chi connectivity index (χ1v) is 25.3. The quantitative estimate of drug-likeness (QED) is 0.105. The number of hydrogen-bond acceptors (Lipinski definition) is 8. The molecular formula is C56H64N8O6. The Hall–Kier alpha value is -6.70. The number of methoxy groups -OCH3 is 2. The molecule has 4 amide bonds. The van der Waals surface area contributed by atoms with Crippen LogP contribution in [0.2, 0.25) is 0 Å². The molecule has 70 heavy (non-hydrogen) atoms. The van der Waals surface area contributed by atoms with Crippen LogP contribution in [-0.4, -0.2) is 93.1 Å². The molecule has 2 saturated carbocycles. The van der Waals surface area contributed by atoms with E-state index in [2.05, 4.69) is 93.4 Å². The standard InChI is InChI=1S/C56H64N8O6/c1-31(2)47(61-53(67)69-5)51(65)63-29-55(19-20-55)27-45(63)49-57-41-17-15-37(25-43(41)59-49)39-23-33-7-11-35(39)13-9-34-8-12-36(14-10-33)40(24-34)38-16-18-42-44(26-38)60-50(58-42)46-28-56(21-22-56)30-64(46)52(66)48(32(3)4)62-54(68)70-6/h7-8,11-12,15-18,23-26,31-32,45-48H,9-10,13-14,19-22,27-30H2,1-6H3,(H,57,59)(H,58,60)(H,61,67)(H,62,68)/t45-,46-,47-,48-/m0/s1. The predicted molar refractivity (Wildman–Crippen MR) is 268 cm³/mol. The Morgan fingerprint density at radius 3 is 1.37 bits per heavy atom. The van der Waals surface area contributed by atoms with E-state index >= 15 is 0 Å². The fraction of sp³-hybridized carbons (Fsp3) is 0.464. The number of imidazole rings is 2. The van der Waals surface area contributed by atoms with Crippen molar-refractivity contribution in [3.05, 3.63) is 107 Å². The molecule has 2 aromatic heterocycles. The van der Waals surface area contributed by atoms with Crippen LogP contribution in [0, 0.1) is 22.7 Å². The number of aromatic amines is 2. The zero-order valence-corrected chi connectivity index (χ0v) is 41.1. The first-order chi connectivity index (χ1) is 33.7. The average Bonchev–Trinajstić information content (AvgIpc) is 4.00. The lowest BCUT2D eigenvalue weighted by molar-refractivity contribution is -0.136. The highest BCUT2D eigenvalue weighted by molar-refractivity contribution is 5.89. The average molecular weight is 945 g/mol. The van der Waals surface area contributed by atoms with E-state index in [0.29, 0.717) is 13.1 Å². The third kappa shape index (κ3) is 8.57. The first kappa shape index (κ1) is 45.7. The van der Waals surface area contributed by atoms with Crippen LogP contribution in [0.1, 0.15) is 112 Å². The smallest absolute Gasteiger partial charge is 0.407 e. The van der Waals surface area contributed by atoms with Crippen LogP contribution in [0.5, 0.6) is 0 Å². The number of carbonyl (C=O) groups excluding carboxylic acids is 4. The van der Waals surface area contributed by atoms with E-state index in [9.17, 15) is 19.2 Å². The van der Waals surface area contributed by atoms with E-state index in [1.54, 1.807) is 0 Å². The van der Waals surface area contributed by atoms with Gasteiger partial charge in [0.2, 0.25) is 11.8 Å². The number of likely N-dealkylation sites (tertiary alicyclic amines) is 2. The number of fused-ring (bicyclic) bond motifs is 2. The minimum absolute atomic E-state index is 0.0963. The van der Waals surface area contributed by atoms with E-state index in [1.165, 1.54) is 47.6 Å². The fourth-order valence-electron chi connectivity index (χ4n) is 11.7. The number of ether oxygens (including phenoxy) is 2. The summed E-state index contributed by atoms with van der Waals surface area (Å²) in [6, 6.07) is 25.1. The highest BCUT2D eigenvalue weighted by Crippen LogP contribution is 2.59. The lowest BCUT2D eigenvalue weighted by Gasteiger charge is -2.30. The molecule has 14 heteroatoms. The molecule has 2 saturated heterocycles. The number of nitrogens with zero attached hydrogens (tertiary/aromatic N) is 4. The SMILES string of the molecule is COC(=O)N[C@H](C(=O)N1CC2(CC2)C[C@H]1c1nc2cc(-c3cc4ccc3CCc3ccc(c(-c5ccc6[nH]c([C@@H]7CC8(CC8)CN7C(=O)[C@@H](NC(=O)OC)C(C)C)nc6c5)c3)CC4)ccc2[nH]1)C(C)C. The summed E-state index contributed by atoms with van der Waals surface area (Å²) in [6.07, 6.45) is 8.32. The second-order valence-electron chi connectivity index (χ2n) is 21.8. The van der Waals surface area contributed by atoms with Crippen LogP contribution >= 0.6 is 0 Å². The number of carbonyl (C=O) groups is 4. The van der Waals surface area contributed by atoms with Gasteiger partial charge in [-0.1, -0.05) is 76.2 Å². The van der Waals surface area contributed by atoms with Gasteiger partial charge in [-0.2, -0.15) is 0 Å². The lowest BCUT2D eigenvalue weighted by Crippen LogP contribution is -2.51. The Kier molecular flexibility index (Phi) is 11.5. The Labute approximate surface area is 408 Å². The van der Waals surface area contributed by atoms with Gasteiger partial charge < -0.3 is 39.9 Å². The number of rotatable bonds is 10. The summed E-state index contributed by atoms with van der Waals surface area (Å²) in [5.41, 5.74) is 13.6. The predicted octanol–water partition coefficient (Wildman–Crippen LogP) is 9.53. The summed E-state index contributed by atoms with van der Waals surface area (Å²) in [7, 11) is 2.64. The molecule has 4 aromatic carbocycles. The summed E-state index contributed by atoms with van der Waals surface area (Å²) in [4.78, 5) is 74.2. The van der Waals surface area contributed by atoms with E-state index in [0.717, 1.165) is 109 Å². The molecule has 4 atom stereocenters. The molecule has 4 bridgehead atoms. The molecule has 0 radical (unpaired) electrons. The van der Waals surface area contributed by atoms with Gasteiger partial charge in [-0.15, -0.1) is 0 Å². The van der Waals surface area contributed by atoms with E-state index in [1.807, 2.05) is 37.5 Å². The van der Waals surface area contributed by atoms with Crippen molar-refractivity contribution in [3.8, 4) is 22.3 Å². The minimum Gasteiger partial charge on any atom is -0.453 e. The van der Waals surface area contributed by atoms with Crippen LogP contribution < -0.4 is 10.6 Å². The number of nitrogens with one attached hydrogen (secondary N) is 4. The summed E-state index contributed by atoms with van der Waals surface area (Å²) in [6.45, 7) is 9.09. The van der Waals surface area contributed by atoms with Crippen molar-refractivity contribution in [3.63, 3.8) is 0 Å². The molecule has 0 unspecified atom stereocenters. The largest absolute Gasteiger partial charge is 0.453 e. The maximum absolute atomic E-state index is 14.1. The van der Waals surface area contributed by atoms with Gasteiger partial charge in [0.1, 0.15) is 23.7 Å². The maximum atomic E-state index is 14.1. The van der Waals surface area contributed by atoms with Crippen molar-refractivity contribution in [1.82, 2.24) is 40.4 Å². The maximum Gasteiger partial charge on any atom is 0.407 e. The van der Waals surface area contributed by atoms with Crippen molar-refractivity contribution in [2.24, 2.45) is 22.7 Å². The zero-order valence-electron chi connectivity index (χ0n) is 41.1. The van der Waals surface area contributed by atoms with Gasteiger partial charge in [-0.05, 0) is 156 Å². The van der Waals surface area contributed by atoms with Crippen molar-refractivity contribution in [2.45, 2.75) is 116 Å². The van der Waals surface area contributed by atoms with Crippen molar-refractivity contribution in [2.75, 3.05) is 27.3 Å². The van der Waals surface area contributed by atoms with Crippen molar-refractivity contribution in [1.29, 1.82) is 0 Å². The molecule has 364 valence electrons. The molecule has 8 aliphatic rings. The Morgan fingerprint density at radius 2 is 1.00 bits per heavy atom. The molecule has 2 aliphatic heterocycles. The number of hydrogen-bond donors (Lipinski definition) is 4. The number of amides is 4. The van der Waals surface area contributed by atoms with Gasteiger partial charge >= 0.3 is 12.2 Å². The summed E-state index contributed by atoms with van der Waals surface area (Å²) < 4.78 is 9.75. The highest BCUT2D eigenvalue weighted by atomic mass is 16.5. The van der Waals surface area contributed by atoms with E-state index in [4.69, 9.17) is 19.4 Å². The Morgan fingerprint density at radius 1 is 0.586 bits per heavy atom. The van der Waals surface area contributed by atoms with Gasteiger partial charge in [0, 0.05) is 13.1 Å². The van der Waals surface area contributed by atoms with Crippen LogP contribution in [0.4, 0.5) is 9.59 Å². The number of benzene rings is 4. The second kappa shape index (κ2) is 17.6. The van der Waals surface area contributed by atoms with Gasteiger partial charge in [0.15, 0.2) is 0 Å². The summed E-state index contributed by atoms with van der Waals surface area (Å²) in [5.74, 6) is 1.17. The number of aryl methyl sites for hydroxylation is 4.